The summed E-state index contributed by atoms with van der Waals surface area (Å²) in [5.41, 5.74) is 0.840. The second-order valence-electron chi connectivity index (χ2n) is 5.50. The van der Waals surface area contributed by atoms with Gasteiger partial charge in [-0.1, -0.05) is 20.8 Å². The first-order valence-electron chi connectivity index (χ1n) is 6.40. The fraction of sp³-hybridized carbons (Fsp3) is 0.533. The Morgan fingerprint density at radius 1 is 1.35 bits per heavy atom. The van der Waals surface area contributed by atoms with Gasteiger partial charge in [-0.15, -0.1) is 0 Å². The van der Waals surface area contributed by atoms with Crippen molar-refractivity contribution in [3.05, 3.63) is 29.3 Å². The Bertz CT molecular complexity index is 462. The number of hydrogen-bond donors (Lipinski definition) is 1. The van der Waals surface area contributed by atoms with Crippen LogP contribution in [0.15, 0.2) is 18.2 Å². The van der Waals surface area contributed by atoms with Crippen molar-refractivity contribution in [1.82, 2.24) is 0 Å². The lowest BCUT2D eigenvalue weighted by molar-refractivity contribution is -0.149. The van der Waals surface area contributed by atoms with Gasteiger partial charge in [0, 0.05) is 12.7 Å². The molecule has 20 heavy (non-hydrogen) atoms. The maximum atomic E-state index is 11.1. The summed E-state index contributed by atoms with van der Waals surface area (Å²) in [5, 5.41) is 9.06. The summed E-state index contributed by atoms with van der Waals surface area (Å²) in [4.78, 5) is 11.1. The van der Waals surface area contributed by atoms with Crippen molar-refractivity contribution >= 4 is 5.97 Å². The standard InChI is InChI=1S/C15H22O5/c1-10(18-5)19-9-20-13-7-6-11(14(16)17)8-12(13)15(2,3)4/h6-8,10H,9H2,1-5H3,(H,16,17). The number of rotatable bonds is 6. The van der Waals surface area contributed by atoms with Crippen molar-refractivity contribution in [3.63, 3.8) is 0 Å². The van der Waals surface area contributed by atoms with E-state index in [9.17, 15) is 4.79 Å². The predicted octanol–water partition coefficient (Wildman–Crippen LogP) is 3.03. The third-order valence-corrected chi connectivity index (χ3v) is 2.88. The highest BCUT2D eigenvalue weighted by Crippen LogP contribution is 2.32. The van der Waals surface area contributed by atoms with Crippen LogP contribution in [-0.2, 0) is 14.9 Å². The van der Waals surface area contributed by atoms with Gasteiger partial charge < -0.3 is 19.3 Å². The van der Waals surface area contributed by atoms with Crippen LogP contribution >= 0.6 is 0 Å². The molecular weight excluding hydrogens is 260 g/mol. The number of carbonyl (C=O) groups is 1. The number of carboxylic acids is 1. The van der Waals surface area contributed by atoms with Crippen molar-refractivity contribution in [2.75, 3.05) is 13.9 Å². The maximum Gasteiger partial charge on any atom is 0.335 e. The van der Waals surface area contributed by atoms with Crippen molar-refractivity contribution in [2.45, 2.75) is 39.4 Å². The lowest BCUT2D eigenvalue weighted by atomic mass is 9.85. The molecule has 0 aliphatic heterocycles. The molecular formula is C15H22O5. The lowest BCUT2D eigenvalue weighted by Gasteiger charge is -2.23. The van der Waals surface area contributed by atoms with E-state index in [4.69, 9.17) is 19.3 Å². The second kappa shape index (κ2) is 6.72. The van der Waals surface area contributed by atoms with Crippen LogP contribution in [0.1, 0.15) is 43.6 Å². The van der Waals surface area contributed by atoms with Crippen molar-refractivity contribution < 1.29 is 24.1 Å². The van der Waals surface area contributed by atoms with Crippen LogP contribution in [-0.4, -0.2) is 31.3 Å². The number of carboxylic acid groups (broad SMARTS) is 1. The molecule has 0 bridgehead atoms. The highest BCUT2D eigenvalue weighted by Gasteiger charge is 2.21. The molecule has 0 radical (unpaired) electrons. The zero-order valence-corrected chi connectivity index (χ0v) is 12.6. The molecule has 0 saturated heterocycles. The van der Waals surface area contributed by atoms with Gasteiger partial charge in [0.05, 0.1) is 5.56 Å². The highest BCUT2D eigenvalue weighted by atomic mass is 16.7. The average Bonchev–Trinajstić information content (AvgIpc) is 2.37. The minimum absolute atomic E-state index is 0.0461. The monoisotopic (exact) mass is 282 g/mol. The normalized spacial score (nSPS) is 13.1. The number of ether oxygens (including phenoxy) is 3. The zero-order valence-electron chi connectivity index (χ0n) is 12.6. The number of methoxy groups -OCH3 is 1. The molecule has 1 aromatic carbocycles. The molecule has 5 heteroatoms. The second-order valence-corrected chi connectivity index (χ2v) is 5.50. The highest BCUT2D eigenvalue weighted by molar-refractivity contribution is 5.88. The molecule has 1 N–H and O–H groups in total. The Labute approximate surface area is 119 Å². The minimum atomic E-state index is -0.952. The number of aromatic carboxylic acids is 1. The molecule has 1 unspecified atom stereocenters. The van der Waals surface area contributed by atoms with Crippen LogP contribution in [0.5, 0.6) is 5.75 Å². The fourth-order valence-electron chi connectivity index (χ4n) is 1.64. The van der Waals surface area contributed by atoms with E-state index in [-0.39, 0.29) is 24.1 Å². The molecule has 0 heterocycles. The van der Waals surface area contributed by atoms with E-state index in [1.54, 1.807) is 26.2 Å². The van der Waals surface area contributed by atoms with Crippen LogP contribution in [0.4, 0.5) is 0 Å². The predicted molar refractivity (Wildman–Crippen MR) is 75.2 cm³/mol. The third kappa shape index (κ3) is 4.51. The summed E-state index contributed by atoms with van der Waals surface area (Å²) >= 11 is 0. The summed E-state index contributed by atoms with van der Waals surface area (Å²) in [5.74, 6) is -0.336. The molecule has 0 aromatic heterocycles. The lowest BCUT2D eigenvalue weighted by Crippen LogP contribution is -2.18. The van der Waals surface area contributed by atoms with Gasteiger partial charge in [0.25, 0.3) is 0 Å². The Kier molecular flexibility index (Phi) is 5.53. The largest absolute Gasteiger partial charge is 0.478 e. The first kappa shape index (κ1) is 16.5. The van der Waals surface area contributed by atoms with Crippen LogP contribution in [0.2, 0.25) is 0 Å². The smallest absolute Gasteiger partial charge is 0.335 e. The first-order valence-corrected chi connectivity index (χ1v) is 6.40. The van der Waals surface area contributed by atoms with E-state index in [0.29, 0.717) is 5.75 Å². The van der Waals surface area contributed by atoms with Gasteiger partial charge in [-0.05, 0) is 30.5 Å². The molecule has 1 aromatic rings. The van der Waals surface area contributed by atoms with Gasteiger partial charge in [0.2, 0.25) is 0 Å². The van der Waals surface area contributed by atoms with Gasteiger partial charge >= 0.3 is 5.97 Å². The summed E-state index contributed by atoms with van der Waals surface area (Å²) < 4.78 is 15.8. The molecule has 5 nitrogen and oxygen atoms in total. The Morgan fingerprint density at radius 2 is 2.00 bits per heavy atom. The molecule has 0 amide bonds. The van der Waals surface area contributed by atoms with Gasteiger partial charge in [0.1, 0.15) is 5.75 Å². The number of hydrogen-bond acceptors (Lipinski definition) is 4. The van der Waals surface area contributed by atoms with Crippen molar-refractivity contribution in [2.24, 2.45) is 0 Å². The molecule has 0 aliphatic carbocycles. The van der Waals surface area contributed by atoms with Crippen molar-refractivity contribution in [1.29, 1.82) is 0 Å². The summed E-state index contributed by atoms with van der Waals surface area (Å²) in [7, 11) is 1.55. The van der Waals surface area contributed by atoms with E-state index < -0.39 is 5.97 Å². The molecule has 0 saturated carbocycles. The molecule has 112 valence electrons. The zero-order chi connectivity index (χ0) is 15.3. The van der Waals surface area contributed by atoms with Gasteiger partial charge in [-0.25, -0.2) is 4.79 Å². The number of benzene rings is 1. The average molecular weight is 282 g/mol. The van der Waals surface area contributed by atoms with E-state index in [1.165, 1.54) is 6.07 Å². The summed E-state index contributed by atoms with van der Waals surface area (Å²) in [6.45, 7) is 7.81. The topological polar surface area (TPSA) is 65.0 Å². The molecule has 0 spiro atoms. The molecule has 0 fully saturated rings. The quantitative estimate of drug-likeness (QED) is 0.812. The molecule has 0 aliphatic rings. The van der Waals surface area contributed by atoms with Gasteiger partial charge in [-0.3, -0.25) is 0 Å². The minimum Gasteiger partial charge on any atom is -0.478 e. The van der Waals surface area contributed by atoms with E-state index in [2.05, 4.69) is 0 Å². The molecule has 1 atom stereocenters. The van der Waals surface area contributed by atoms with Gasteiger partial charge in [0.15, 0.2) is 13.1 Å². The van der Waals surface area contributed by atoms with E-state index in [0.717, 1.165) is 5.56 Å². The first-order chi connectivity index (χ1) is 9.25. The van der Waals surface area contributed by atoms with Gasteiger partial charge in [-0.2, -0.15) is 0 Å². The summed E-state index contributed by atoms with van der Waals surface area (Å²) in [6.07, 6.45) is -0.355. The fourth-order valence-corrected chi connectivity index (χ4v) is 1.64. The van der Waals surface area contributed by atoms with Crippen molar-refractivity contribution in [3.8, 4) is 5.75 Å². The van der Waals surface area contributed by atoms with E-state index in [1.807, 2.05) is 20.8 Å². The van der Waals surface area contributed by atoms with Crippen LogP contribution in [0.3, 0.4) is 0 Å². The molecule has 1 rings (SSSR count). The SMILES string of the molecule is COC(C)OCOc1ccc(C(=O)O)cc1C(C)(C)C. The summed E-state index contributed by atoms with van der Waals surface area (Å²) in [6, 6.07) is 4.81. The van der Waals surface area contributed by atoms with Crippen LogP contribution < -0.4 is 4.74 Å². The Balaban J connectivity index is 2.92. The van der Waals surface area contributed by atoms with Crippen LogP contribution in [0.25, 0.3) is 0 Å². The Hall–Kier alpha value is -1.59. The Morgan fingerprint density at radius 3 is 2.50 bits per heavy atom. The third-order valence-electron chi connectivity index (χ3n) is 2.88. The van der Waals surface area contributed by atoms with E-state index >= 15 is 0 Å². The maximum absolute atomic E-state index is 11.1. The van der Waals surface area contributed by atoms with Crippen LogP contribution in [0, 0.1) is 0 Å².